The number of hydrogen-bond acceptors (Lipinski definition) is 2. The van der Waals surface area contributed by atoms with Gasteiger partial charge in [0, 0.05) is 18.5 Å². The predicted molar refractivity (Wildman–Crippen MR) is 78.1 cm³/mol. The van der Waals surface area contributed by atoms with Crippen molar-refractivity contribution in [3.63, 3.8) is 0 Å². The average molecular weight is 342 g/mol. The van der Waals surface area contributed by atoms with Gasteiger partial charge in [0.05, 0.1) is 6.54 Å². The van der Waals surface area contributed by atoms with Crippen LogP contribution >= 0.6 is 24.0 Å². The van der Waals surface area contributed by atoms with Crippen molar-refractivity contribution in [2.75, 3.05) is 6.54 Å². The Labute approximate surface area is 115 Å². The summed E-state index contributed by atoms with van der Waals surface area (Å²) in [6, 6.07) is 0.436. The molecule has 0 aliphatic carbocycles. The van der Waals surface area contributed by atoms with Crippen LogP contribution in [0, 0.1) is 0 Å². The molecule has 16 heavy (non-hydrogen) atoms. The van der Waals surface area contributed by atoms with E-state index in [0.29, 0.717) is 18.9 Å². The van der Waals surface area contributed by atoms with Crippen LogP contribution in [0.4, 0.5) is 0 Å². The van der Waals surface area contributed by atoms with Gasteiger partial charge in [-0.1, -0.05) is 0 Å². The number of rotatable bonds is 5. The van der Waals surface area contributed by atoms with Crippen LogP contribution in [-0.4, -0.2) is 30.5 Å². The van der Waals surface area contributed by atoms with E-state index in [1.807, 2.05) is 27.7 Å². The van der Waals surface area contributed by atoms with Crippen LogP contribution < -0.4 is 16.4 Å². The Kier molecular flexibility index (Phi) is 10.8. The normalized spacial score (nSPS) is 11.2. The molecule has 5 nitrogen and oxygen atoms in total. The van der Waals surface area contributed by atoms with Crippen molar-refractivity contribution < 1.29 is 4.79 Å². The molecule has 0 atom stereocenters. The Hall–Kier alpha value is -0.530. The summed E-state index contributed by atoms with van der Waals surface area (Å²) in [5, 5.41) is 5.74. The number of guanidine groups is 1. The minimum atomic E-state index is 0. The van der Waals surface area contributed by atoms with E-state index in [1.54, 1.807) is 0 Å². The maximum Gasteiger partial charge on any atom is 0.222 e. The number of nitrogens with one attached hydrogen (secondary N) is 2. The van der Waals surface area contributed by atoms with Crippen LogP contribution in [0.15, 0.2) is 4.99 Å². The molecule has 0 aliphatic heterocycles. The third-order valence-electron chi connectivity index (χ3n) is 1.51. The molecule has 0 saturated carbocycles. The molecular weight excluding hydrogens is 319 g/mol. The third-order valence-corrected chi connectivity index (χ3v) is 1.51. The van der Waals surface area contributed by atoms with Crippen LogP contribution in [0.5, 0.6) is 0 Å². The first-order valence-corrected chi connectivity index (χ1v) is 5.27. The van der Waals surface area contributed by atoms with Crippen molar-refractivity contribution in [2.45, 2.75) is 46.2 Å². The molecule has 4 N–H and O–H groups in total. The summed E-state index contributed by atoms with van der Waals surface area (Å²) in [5.74, 6) is 0.397. The number of amides is 1. The summed E-state index contributed by atoms with van der Waals surface area (Å²) in [5.41, 5.74) is 5.57. The molecule has 0 fully saturated rings. The van der Waals surface area contributed by atoms with Crippen molar-refractivity contribution in [3.8, 4) is 0 Å². The molecule has 1 amide bonds. The highest BCUT2D eigenvalue weighted by Crippen LogP contribution is 1.85. The summed E-state index contributed by atoms with van der Waals surface area (Å²) in [7, 11) is 0. The number of halogens is 1. The van der Waals surface area contributed by atoms with E-state index >= 15 is 0 Å². The Balaban J connectivity index is 0. The number of nitrogens with zero attached hydrogens (tertiary/aromatic N) is 1. The molecule has 6 heteroatoms. The molecule has 0 aromatic carbocycles. The highest BCUT2D eigenvalue weighted by Gasteiger charge is 2.02. The Morgan fingerprint density at radius 2 is 1.69 bits per heavy atom. The lowest BCUT2D eigenvalue weighted by Crippen LogP contribution is -2.37. The second kappa shape index (κ2) is 9.68. The lowest BCUT2D eigenvalue weighted by Gasteiger charge is -2.09. The highest BCUT2D eigenvalue weighted by atomic mass is 127. The third kappa shape index (κ3) is 11.5. The zero-order valence-electron chi connectivity index (χ0n) is 10.4. The van der Waals surface area contributed by atoms with Crippen molar-refractivity contribution in [1.29, 1.82) is 0 Å². The van der Waals surface area contributed by atoms with Crippen molar-refractivity contribution in [3.05, 3.63) is 0 Å². The molecule has 0 aliphatic rings. The fourth-order valence-corrected chi connectivity index (χ4v) is 1.01. The van der Waals surface area contributed by atoms with E-state index in [1.165, 1.54) is 0 Å². The molecule has 0 aromatic heterocycles. The lowest BCUT2D eigenvalue weighted by molar-refractivity contribution is -0.121. The number of aliphatic imine (C=N–C) groups is 1. The van der Waals surface area contributed by atoms with Crippen LogP contribution in [0.3, 0.4) is 0 Å². The van der Waals surface area contributed by atoms with E-state index in [9.17, 15) is 4.79 Å². The molecule has 0 heterocycles. The van der Waals surface area contributed by atoms with Gasteiger partial charge in [-0.05, 0) is 27.7 Å². The summed E-state index contributed by atoms with van der Waals surface area (Å²) in [6.07, 6.45) is 0.374. The monoisotopic (exact) mass is 342 g/mol. The summed E-state index contributed by atoms with van der Waals surface area (Å²) < 4.78 is 0. The molecule has 0 aromatic rings. The Morgan fingerprint density at radius 1 is 1.19 bits per heavy atom. The molecule has 0 radical (unpaired) electrons. The van der Waals surface area contributed by atoms with Crippen LogP contribution in [-0.2, 0) is 4.79 Å². The quantitative estimate of drug-likeness (QED) is 0.393. The molecule has 96 valence electrons. The molecule has 0 spiro atoms. The van der Waals surface area contributed by atoms with E-state index in [2.05, 4.69) is 15.6 Å². The first-order valence-electron chi connectivity index (χ1n) is 5.27. The first kappa shape index (κ1) is 17.9. The van der Waals surface area contributed by atoms with Gasteiger partial charge in [-0.3, -0.25) is 9.79 Å². The van der Waals surface area contributed by atoms with E-state index in [4.69, 9.17) is 5.73 Å². The number of hydrogen-bond donors (Lipinski definition) is 3. The van der Waals surface area contributed by atoms with Crippen LogP contribution in [0.25, 0.3) is 0 Å². The van der Waals surface area contributed by atoms with Gasteiger partial charge in [0.2, 0.25) is 5.91 Å². The number of nitrogens with two attached hydrogens (primary N) is 1. The first-order chi connectivity index (χ1) is 6.91. The van der Waals surface area contributed by atoms with Crippen molar-refractivity contribution in [2.24, 2.45) is 10.7 Å². The topological polar surface area (TPSA) is 79.5 Å². The molecule has 0 saturated heterocycles. The predicted octanol–water partition coefficient (Wildman–Crippen LogP) is 0.832. The fourth-order valence-electron chi connectivity index (χ4n) is 1.01. The average Bonchev–Trinajstić information content (AvgIpc) is 2.00. The van der Waals surface area contributed by atoms with E-state index in [-0.39, 0.29) is 42.0 Å². The smallest absolute Gasteiger partial charge is 0.222 e. The Bertz CT molecular complexity index is 229. The van der Waals surface area contributed by atoms with Crippen molar-refractivity contribution >= 4 is 35.8 Å². The Morgan fingerprint density at radius 3 is 2.12 bits per heavy atom. The largest absolute Gasteiger partial charge is 0.370 e. The number of carbonyl (C=O) groups excluding carboxylic acids is 1. The van der Waals surface area contributed by atoms with Crippen LogP contribution in [0.1, 0.15) is 34.1 Å². The zero-order valence-corrected chi connectivity index (χ0v) is 12.7. The minimum absolute atomic E-state index is 0. The molecular formula is C10H23IN4O. The van der Waals surface area contributed by atoms with Gasteiger partial charge in [0.15, 0.2) is 5.96 Å². The van der Waals surface area contributed by atoms with E-state index in [0.717, 1.165) is 0 Å². The SMILES string of the molecule is CC(C)NC(=O)CCN=C(N)NC(C)C.I. The van der Waals surface area contributed by atoms with Gasteiger partial charge in [-0.15, -0.1) is 24.0 Å². The second-order valence-electron chi connectivity index (χ2n) is 4.04. The molecule has 0 unspecified atom stereocenters. The zero-order chi connectivity index (χ0) is 11.8. The second-order valence-corrected chi connectivity index (χ2v) is 4.04. The minimum Gasteiger partial charge on any atom is -0.370 e. The van der Waals surface area contributed by atoms with Gasteiger partial charge >= 0.3 is 0 Å². The van der Waals surface area contributed by atoms with Crippen molar-refractivity contribution in [1.82, 2.24) is 10.6 Å². The van der Waals surface area contributed by atoms with Gasteiger partial charge in [0.1, 0.15) is 0 Å². The molecule has 0 rings (SSSR count). The number of carbonyl (C=O) groups is 1. The van der Waals surface area contributed by atoms with Crippen LogP contribution in [0.2, 0.25) is 0 Å². The van der Waals surface area contributed by atoms with Gasteiger partial charge in [-0.25, -0.2) is 0 Å². The lowest BCUT2D eigenvalue weighted by atomic mass is 10.3. The maximum atomic E-state index is 11.2. The van der Waals surface area contributed by atoms with Gasteiger partial charge in [-0.2, -0.15) is 0 Å². The van der Waals surface area contributed by atoms with Gasteiger partial charge < -0.3 is 16.4 Å². The fraction of sp³-hybridized carbons (Fsp3) is 0.800. The summed E-state index contributed by atoms with van der Waals surface area (Å²) in [6.45, 7) is 8.23. The highest BCUT2D eigenvalue weighted by molar-refractivity contribution is 14.0. The van der Waals surface area contributed by atoms with Gasteiger partial charge in [0.25, 0.3) is 0 Å². The van der Waals surface area contributed by atoms with E-state index < -0.39 is 0 Å². The maximum absolute atomic E-state index is 11.2. The standard InChI is InChI=1S/C10H22N4O.HI/c1-7(2)13-9(15)5-6-12-10(11)14-8(3)4;/h7-8H,5-6H2,1-4H3,(H,13,15)(H3,11,12,14);1H. The summed E-state index contributed by atoms with van der Waals surface area (Å²) >= 11 is 0. The molecule has 0 bridgehead atoms. The summed E-state index contributed by atoms with van der Waals surface area (Å²) in [4.78, 5) is 15.2.